The minimum Gasteiger partial charge on any atom is -0.356 e. The van der Waals surface area contributed by atoms with Crippen molar-refractivity contribution in [2.75, 3.05) is 19.0 Å². The molecule has 96 valence electrons. The second-order valence-corrected chi connectivity index (χ2v) is 4.89. The molecule has 1 aromatic heterocycles. The molecule has 0 atom stereocenters. The van der Waals surface area contributed by atoms with Crippen LogP contribution in [-0.2, 0) is 0 Å². The van der Waals surface area contributed by atoms with Crippen LogP contribution in [0.1, 0.15) is 31.2 Å². The van der Waals surface area contributed by atoms with Crippen LogP contribution in [0.25, 0.3) is 0 Å². The van der Waals surface area contributed by atoms with E-state index in [0.29, 0.717) is 17.6 Å². The second kappa shape index (κ2) is 5.83. The Balaban J connectivity index is 2.08. The number of nitriles is 1. The fourth-order valence-electron chi connectivity index (χ4n) is 2.69. The summed E-state index contributed by atoms with van der Waals surface area (Å²) in [4.78, 5) is 6.52. The van der Waals surface area contributed by atoms with Gasteiger partial charge in [-0.1, -0.05) is 0 Å². The molecule has 0 amide bonds. The zero-order chi connectivity index (χ0) is 13.0. The molecule has 4 nitrogen and oxygen atoms in total. The van der Waals surface area contributed by atoms with E-state index in [1.54, 1.807) is 6.20 Å². The van der Waals surface area contributed by atoms with Gasteiger partial charge < -0.3 is 10.2 Å². The first kappa shape index (κ1) is 12.8. The van der Waals surface area contributed by atoms with E-state index in [0.717, 1.165) is 18.7 Å². The number of nitrogens with zero attached hydrogens (tertiary/aromatic N) is 3. The summed E-state index contributed by atoms with van der Waals surface area (Å²) in [6.45, 7) is 0. The van der Waals surface area contributed by atoms with Crippen molar-refractivity contribution >= 4 is 5.82 Å². The summed E-state index contributed by atoms with van der Waals surface area (Å²) in [6, 6.07) is 7.01. The van der Waals surface area contributed by atoms with Gasteiger partial charge in [0.05, 0.1) is 5.56 Å². The molecular weight excluding hydrogens is 224 g/mol. The number of hydrogen-bond donors (Lipinski definition) is 1. The van der Waals surface area contributed by atoms with E-state index in [1.165, 1.54) is 12.8 Å². The third-order valence-electron chi connectivity index (χ3n) is 3.89. The van der Waals surface area contributed by atoms with Crippen molar-refractivity contribution in [3.63, 3.8) is 0 Å². The summed E-state index contributed by atoms with van der Waals surface area (Å²) >= 11 is 0. The molecule has 18 heavy (non-hydrogen) atoms. The third-order valence-corrected chi connectivity index (χ3v) is 3.89. The van der Waals surface area contributed by atoms with Crippen molar-refractivity contribution in [1.82, 2.24) is 10.3 Å². The lowest BCUT2D eigenvalue weighted by molar-refractivity contribution is 0.350. The summed E-state index contributed by atoms with van der Waals surface area (Å²) in [5, 5.41) is 12.5. The molecule has 2 rings (SSSR count). The van der Waals surface area contributed by atoms with Gasteiger partial charge in [-0.25, -0.2) is 4.98 Å². The standard InChI is InChI=1S/C14H20N4/c1-16-12-5-7-13(8-6-12)18(2)14-11(10-15)4-3-9-17-14/h3-4,9,12-13,16H,5-8H2,1-2H3. The highest BCUT2D eigenvalue weighted by atomic mass is 15.2. The summed E-state index contributed by atoms with van der Waals surface area (Å²) in [6.07, 6.45) is 6.46. The minimum atomic E-state index is 0.497. The Kier molecular flexibility index (Phi) is 4.16. The first-order valence-electron chi connectivity index (χ1n) is 6.51. The van der Waals surface area contributed by atoms with Gasteiger partial charge in [-0.05, 0) is 44.9 Å². The molecule has 1 aliphatic carbocycles. The van der Waals surface area contributed by atoms with Gasteiger partial charge in [0.25, 0.3) is 0 Å². The number of nitrogens with one attached hydrogen (secondary N) is 1. The van der Waals surface area contributed by atoms with Crippen LogP contribution < -0.4 is 10.2 Å². The van der Waals surface area contributed by atoms with Crippen LogP contribution in [0.5, 0.6) is 0 Å². The van der Waals surface area contributed by atoms with Crippen LogP contribution in [-0.4, -0.2) is 31.2 Å². The van der Waals surface area contributed by atoms with Crippen LogP contribution in [0.15, 0.2) is 18.3 Å². The zero-order valence-electron chi connectivity index (χ0n) is 11.1. The molecular formula is C14H20N4. The lowest BCUT2D eigenvalue weighted by Gasteiger charge is -2.35. The maximum absolute atomic E-state index is 9.12. The summed E-state index contributed by atoms with van der Waals surface area (Å²) in [5.41, 5.74) is 0.663. The monoisotopic (exact) mass is 244 g/mol. The number of anilines is 1. The SMILES string of the molecule is CNC1CCC(N(C)c2ncccc2C#N)CC1. The van der Waals surface area contributed by atoms with Crippen molar-refractivity contribution in [1.29, 1.82) is 5.26 Å². The average Bonchev–Trinajstić information content (AvgIpc) is 2.46. The number of aromatic nitrogens is 1. The Hall–Kier alpha value is -1.60. The van der Waals surface area contributed by atoms with Crippen LogP contribution in [0.2, 0.25) is 0 Å². The molecule has 1 fully saturated rings. The molecule has 4 heteroatoms. The van der Waals surface area contributed by atoms with Crippen LogP contribution >= 0.6 is 0 Å². The maximum Gasteiger partial charge on any atom is 0.146 e. The Bertz CT molecular complexity index is 430. The first-order valence-corrected chi connectivity index (χ1v) is 6.51. The average molecular weight is 244 g/mol. The molecule has 1 heterocycles. The molecule has 0 radical (unpaired) electrons. The van der Waals surface area contributed by atoms with Crippen molar-refractivity contribution in [2.24, 2.45) is 0 Å². The molecule has 0 unspecified atom stereocenters. The highest BCUT2D eigenvalue weighted by molar-refractivity contribution is 5.53. The summed E-state index contributed by atoms with van der Waals surface area (Å²) < 4.78 is 0. The van der Waals surface area contributed by atoms with E-state index in [1.807, 2.05) is 26.2 Å². The molecule has 0 aliphatic heterocycles. The Morgan fingerprint density at radius 1 is 1.39 bits per heavy atom. The van der Waals surface area contributed by atoms with E-state index in [-0.39, 0.29) is 0 Å². The third kappa shape index (κ3) is 2.62. The quantitative estimate of drug-likeness (QED) is 0.882. The predicted molar refractivity (Wildman–Crippen MR) is 72.5 cm³/mol. The molecule has 1 saturated carbocycles. The van der Waals surface area contributed by atoms with Crippen molar-refractivity contribution in [3.8, 4) is 6.07 Å². The molecule has 1 aliphatic rings. The van der Waals surface area contributed by atoms with Gasteiger partial charge in [0.2, 0.25) is 0 Å². The smallest absolute Gasteiger partial charge is 0.146 e. The fourth-order valence-corrected chi connectivity index (χ4v) is 2.69. The van der Waals surface area contributed by atoms with Gasteiger partial charge >= 0.3 is 0 Å². The Labute approximate surface area is 109 Å². The van der Waals surface area contributed by atoms with Gasteiger partial charge in [0, 0.05) is 25.3 Å². The van der Waals surface area contributed by atoms with Crippen LogP contribution in [0.4, 0.5) is 5.82 Å². The molecule has 0 bridgehead atoms. The van der Waals surface area contributed by atoms with E-state index in [2.05, 4.69) is 21.3 Å². The topological polar surface area (TPSA) is 52.0 Å². The second-order valence-electron chi connectivity index (χ2n) is 4.89. The van der Waals surface area contributed by atoms with E-state index in [9.17, 15) is 0 Å². The van der Waals surface area contributed by atoms with Gasteiger partial charge in [0.1, 0.15) is 11.9 Å². The molecule has 0 aromatic carbocycles. The number of hydrogen-bond acceptors (Lipinski definition) is 4. The normalized spacial score (nSPS) is 23.4. The molecule has 1 aromatic rings. The predicted octanol–water partition coefficient (Wildman–Crippen LogP) is 1.92. The molecule has 1 N–H and O–H groups in total. The number of rotatable bonds is 3. The summed E-state index contributed by atoms with van der Waals surface area (Å²) in [5.74, 6) is 0.813. The molecule has 0 spiro atoms. The largest absolute Gasteiger partial charge is 0.356 e. The van der Waals surface area contributed by atoms with E-state index >= 15 is 0 Å². The van der Waals surface area contributed by atoms with Gasteiger partial charge in [0.15, 0.2) is 0 Å². The zero-order valence-corrected chi connectivity index (χ0v) is 11.1. The van der Waals surface area contributed by atoms with E-state index in [4.69, 9.17) is 5.26 Å². The first-order chi connectivity index (χ1) is 8.76. The van der Waals surface area contributed by atoms with Crippen molar-refractivity contribution < 1.29 is 0 Å². The Morgan fingerprint density at radius 2 is 2.11 bits per heavy atom. The lowest BCUT2D eigenvalue weighted by Crippen LogP contribution is -2.40. The highest BCUT2D eigenvalue weighted by Crippen LogP contribution is 2.26. The fraction of sp³-hybridized carbons (Fsp3) is 0.571. The van der Waals surface area contributed by atoms with Gasteiger partial charge in [-0.2, -0.15) is 5.26 Å². The molecule has 0 saturated heterocycles. The van der Waals surface area contributed by atoms with E-state index < -0.39 is 0 Å². The minimum absolute atomic E-state index is 0.497. The van der Waals surface area contributed by atoms with Gasteiger partial charge in [-0.3, -0.25) is 0 Å². The van der Waals surface area contributed by atoms with Gasteiger partial charge in [-0.15, -0.1) is 0 Å². The van der Waals surface area contributed by atoms with Crippen LogP contribution in [0, 0.1) is 11.3 Å². The van der Waals surface area contributed by atoms with Crippen molar-refractivity contribution in [2.45, 2.75) is 37.8 Å². The maximum atomic E-state index is 9.12. The Morgan fingerprint density at radius 3 is 2.72 bits per heavy atom. The summed E-state index contributed by atoms with van der Waals surface area (Å²) in [7, 11) is 4.08. The lowest BCUT2D eigenvalue weighted by atomic mass is 9.90. The van der Waals surface area contributed by atoms with Crippen molar-refractivity contribution in [3.05, 3.63) is 23.9 Å². The number of pyridine rings is 1. The highest BCUT2D eigenvalue weighted by Gasteiger charge is 2.24. The van der Waals surface area contributed by atoms with Crippen LogP contribution in [0.3, 0.4) is 0 Å².